The summed E-state index contributed by atoms with van der Waals surface area (Å²) in [5.41, 5.74) is 3.86. The first-order valence-electron chi connectivity index (χ1n) is 12.3. The molecule has 9 heteroatoms. The highest BCUT2D eigenvalue weighted by molar-refractivity contribution is 7.89. The molecule has 35 heavy (non-hydrogen) atoms. The van der Waals surface area contributed by atoms with Gasteiger partial charge in [-0.2, -0.15) is 4.31 Å². The average molecular weight is 514 g/mol. The number of fused-ring (bicyclic) bond motifs is 1. The highest BCUT2D eigenvalue weighted by atomic mass is 32.2. The van der Waals surface area contributed by atoms with E-state index >= 15 is 0 Å². The predicted octanol–water partition coefficient (Wildman–Crippen LogP) is 4.77. The molecule has 2 aliphatic heterocycles. The van der Waals surface area contributed by atoms with Gasteiger partial charge in [0.2, 0.25) is 10.0 Å². The number of thiazole rings is 1. The molecule has 3 aromatic rings. The monoisotopic (exact) mass is 513 g/mol. The number of aryl methyl sites for hydroxylation is 2. The van der Waals surface area contributed by atoms with Gasteiger partial charge in [0.1, 0.15) is 6.10 Å². The second kappa shape index (κ2) is 9.87. The molecular formula is C26H31N3O4S2. The van der Waals surface area contributed by atoms with Gasteiger partial charge in [-0.15, -0.1) is 0 Å². The smallest absolute Gasteiger partial charge is 0.274 e. The number of hydrogen-bond donors (Lipinski definition) is 0. The summed E-state index contributed by atoms with van der Waals surface area (Å²) in [4.78, 5) is 19.8. The van der Waals surface area contributed by atoms with Crippen LogP contribution in [-0.4, -0.2) is 60.8 Å². The Kier molecular flexibility index (Phi) is 6.83. The minimum Gasteiger partial charge on any atom is -0.467 e. The molecular weight excluding hydrogens is 482 g/mol. The number of rotatable bonds is 5. The lowest BCUT2D eigenvalue weighted by molar-refractivity contribution is 0.0595. The van der Waals surface area contributed by atoms with Crippen molar-refractivity contribution in [2.75, 3.05) is 26.2 Å². The zero-order valence-electron chi connectivity index (χ0n) is 20.2. The van der Waals surface area contributed by atoms with E-state index in [0.717, 1.165) is 43.2 Å². The van der Waals surface area contributed by atoms with Crippen molar-refractivity contribution in [2.24, 2.45) is 0 Å². The fourth-order valence-electron chi connectivity index (χ4n) is 4.82. The maximum absolute atomic E-state index is 13.0. The Morgan fingerprint density at radius 1 is 0.943 bits per heavy atom. The molecule has 0 saturated carbocycles. The number of ether oxygens (including phenoxy) is 1. The van der Waals surface area contributed by atoms with Crippen LogP contribution in [0.5, 0.6) is 5.19 Å². The van der Waals surface area contributed by atoms with Gasteiger partial charge in [0.15, 0.2) is 0 Å². The lowest BCUT2D eigenvalue weighted by Crippen LogP contribution is -2.41. The number of sulfonamides is 1. The van der Waals surface area contributed by atoms with Crippen molar-refractivity contribution in [3.05, 3.63) is 53.1 Å². The summed E-state index contributed by atoms with van der Waals surface area (Å²) in [6.45, 7) is 6.47. The number of benzene rings is 2. The fourth-order valence-corrected chi connectivity index (χ4v) is 7.36. The zero-order valence-corrected chi connectivity index (χ0v) is 21.8. The summed E-state index contributed by atoms with van der Waals surface area (Å²) < 4.78 is 34.6. The van der Waals surface area contributed by atoms with Crippen molar-refractivity contribution in [1.82, 2.24) is 14.2 Å². The molecule has 2 saturated heterocycles. The summed E-state index contributed by atoms with van der Waals surface area (Å²) >= 11 is 1.58. The van der Waals surface area contributed by atoms with Gasteiger partial charge < -0.3 is 9.64 Å². The van der Waals surface area contributed by atoms with E-state index in [4.69, 9.17) is 9.72 Å². The molecule has 2 aliphatic rings. The molecule has 0 N–H and O–H groups in total. The first kappa shape index (κ1) is 24.2. The van der Waals surface area contributed by atoms with Gasteiger partial charge in [-0.3, -0.25) is 4.79 Å². The first-order valence-corrected chi connectivity index (χ1v) is 14.5. The second-order valence-corrected chi connectivity index (χ2v) is 12.4. The molecule has 3 heterocycles. The van der Waals surface area contributed by atoms with Gasteiger partial charge in [-0.1, -0.05) is 29.9 Å². The summed E-state index contributed by atoms with van der Waals surface area (Å²) in [6.07, 6.45) is 4.36. The Morgan fingerprint density at radius 3 is 2.26 bits per heavy atom. The Labute approximate surface area is 210 Å². The topological polar surface area (TPSA) is 79.8 Å². The molecule has 1 amide bonds. The first-order chi connectivity index (χ1) is 16.8. The molecule has 0 spiro atoms. The molecule has 2 aromatic carbocycles. The Morgan fingerprint density at radius 2 is 1.60 bits per heavy atom. The van der Waals surface area contributed by atoms with E-state index in [0.29, 0.717) is 36.9 Å². The number of amides is 1. The second-order valence-electron chi connectivity index (χ2n) is 9.46. The number of carbonyl (C=O) groups excluding carboxylic acids is 1. The number of carbonyl (C=O) groups is 1. The molecule has 186 valence electrons. The van der Waals surface area contributed by atoms with Crippen LogP contribution in [0.2, 0.25) is 0 Å². The van der Waals surface area contributed by atoms with Crippen LogP contribution < -0.4 is 4.74 Å². The predicted molar refractivity (Wildman–Crippen MR) is 138 cm³/mol. The van der Waals surface area contributed by atoms with Gasteiger partial charge in [0.05, 0.1) is 15.1 Å². The lowest BCUT2D eigenvalue weighted by Gasteiger charge is -2.31. The number of piperidine rings is 2. The SMILES string of the molecule is Cc1ccc(C)c2sc(OC3CCN(C(=O)c4ccc(S(=O)(=O)N5CCCCC5)cc4)CC3)nc12. The van der Waals surface area contributed by atoms with E-state index in [1.165, 1.54) is 10.3 Å². The number of likely N-dealkylation sites (tertiary alicyclic amines) is 1. The number of hydrogen-bond acceptors (Lipinski definition) is 6. The molecule has 0 bridgehead atoms. The van der Waals surface area contributed by atoms with Crippen molar-refractivity contribution in [2.45, 2.75) is 57.0 Å². The van der Waals surface area contributed by atoms with E-state index in [-0.39, 0.29) is 16.9 Å². The largest absolute Gasteiger partial charge is 0.467 e. The highest BCUT2D eigenvalue weighted by Crippen LogP contribution is 2.33. The maximum atomic E-state index is 13.0. The fraction of sp³-hybridized carbons (Fsp3) is 0.462. The normalized spacial score (nSPS) is 18.2. The van der Waals surface area contributed by atoms with E-state index in [1.54, 1.807) is 39.9 Å². The van der Waals surface area contributed by atoms with Gasteiger partial charge >= 0.3 is 0 Å². The van der Waals surface area contributed by atoms with Gasteiger partial charge in [0.25, 0.3) is 11.1 Å². The van der Waals surface area contributed by atoms with Gasteiger partial charge in [-0.05, 0) is 62.1 Å². The van der Waals surface area contributed by atoms with E-state index < -0.39 is 10.0 Å². The standard InChI is InChI=1S/C26H31N3O4S2/c1-18-6-7-19(2)24-23(18)27-26(34-24)33-21-12-16-28(17-13-21)25(30)20-8-10-22(11-9-20)35(31,32)29-14-4-3-5-15-29/h6-11,21H,3-5,12-17H2,1-2H3. The molecule has 2 fully saturated rings. The molecule has 1 aromatic heterocycles. The average Bonchev–Trinajstić information content (AvgIpc) is 3.32. The van der Waals surface area contributed by atoms with Crippen LogP contribution in [0.1, 0.15) is 53.6 Å². The Hall–Kier alpha value is -2.49. The van der Waals surface area contributed by atoms with Gasteiger partial charge in [-0.25, -0.2) is 13.4 Å². The van der Waals surface area contributed by atoms with Crippen LogP contribution in [0.25, 0.3) is 10.2 Å². The third-order valence-corrected chi connectivity index (χ3v) is 9.97. The summed E-state index contributed by atoms with van der Waals surface area (Å²) in [6, 6.07) is 10.6. The molecule has 7 nitrogen and oxygen atoms in total. The maximum Gasteiger partial charge on any atom is 0.274 e. The van der Waals surface area contributed by atoms with E-state index in [9.17, 15) is 13.2 Å². The van der Waals surface area contributed by atoms with Crippen molar-refractivity contribution >= 4 is 37.5 Å². The van der Waals surface area contributed by atoms with Crippen LogP contribution in [-0.2, 0) is 10.0 Å². The van der Waals surface area contributed by atoms with Crippen LogP contribution in [0, 0.1) is 13.8 Å². The third kappa shape index (κ3) is 4.94. The van der Waals surface area contributed by atoms with Gasteiger partial charge in [0, 0.05) is 44.6 Å². The minimum atomic E-state index is -3.49. The summed E-state index contributed by atoms with van der Waals surface area (Å²) in [7, 11) is -3.49. The molecule has 0 atom stereocenters. The minimum absolute atomic E-state index is 0.0253. The Balaban J connectivity index is 1.19. The molecule has 0 unspecified atom stereocenters. The zero-order chi connectivity index (χ0) is 24.6. The summed E-state index contributed by atoms with van der Waals surface area (Å²) in [5, 5.41) is 0.688. The molecule has 0 aliphatic carbocycles. The van der Waals surface area contributed by atoms with E-state index in [2.05, 4.69) is 26.0 Å². The molecule has 5 rings (SSSR count). The number of aromatic nitrogens is 1. The lowest BCUT2D eigenvalue weighted by atomic mass is 10.1. The third-order valence-electron chi connectivity index (χ3n) is 6.97. The van der Waals surface area contributed by atoms with Crippen molar-refractivity contribution < 1.29 is 17.9 Å². The van der Waals surface area contributed by atoms with Crippen molar-refractivity contribution in [3.63, 3.8) is 0 Å². The summed E-state index contributed by atoms with van der Waals surface area (Å²) in [5.74, 6) is -0.0726. The van der Waals surface area contributed by atoms with Crippen molar-refractivity contribution in [3.8, 4) is 5.19 Å². The van der Waals surface area contributed by atoms with Crippen LogP contribution in [0.15, 0.2) is 41.3 Å². The Bertz CT molecular complexity index is 1280. The molecule has 0 radical (unpaired) electrons. The van der Waals surface area contributed by atoms with Crippen molar-refractivity contribution in [1.29, 1.82) is 0 Å². The van der Waals surface area contributed by atoms with Crippen LogP contribution in [0.4, 0.5) is 0 Å². The quantitative estimate of drug-likeness (QED) is 0.491. The van der Waals surface area contributed by atoms with Crippen LogP contribution in [0.3, 0.4) is 0 Å². The number of nitrogens with zero attached hydrogens (tertiary/aromatic N) is 3. The van der Waals surface area contributed by atoms with E-state index in [1.807, 2.05) is 4.90 Å². The van der Waals surface area contributed by atoms with Crippen LogP contribution >= 0.6 is 11.3 Å². The highest BCUT2D eigenvalue weighted by Gasteiger charge is 2.28.